The third-order valence-corrected chi connectivity index (χ3v) is 4.52. The van der Waals surface area contributed by atoms with Crippen LogP contribution in [0.3, 0.4) is 0 Å². The molecule has 118 valence electrons. The lowest BCUT2D eigenvalue weighted by Gasteiger charge is -2.35. The second-order valence-corrected chi connectivity index (χ2v) is 6.11. The lowest BCUT2D eigenvalue weighted by molar-refractivity contribution is -0.136. The quantitative estimate of drug-likeness (QED) is 0.867. The summed E-state index contributed by atoms with van der Waals surface area (Å²) >= 11 is 0. The first kappa shape index (κ1) is 15.0. The minimum Gasteiger partial charge on any atom is -0.340 e. The van der Waals surface area contributed by atoms with Gasteiger partial charge in [-0.2, -0.15) is 0 Å². The molecule has 0 aromatic carbocycles. The molecule has 2 aromatic heterocycles. The summed E-state index contributed by atoms with van der Waals surface area (Å²) < 4.78 is 2.05. The largest absolute Gasteiger partial charge is 0.340 e. The van der Waals surface area contributed by atoms with Gasteiger partial charge in [-0.25, -0.2) is 4.98 Å². The van der Waals surface area contributed by atoms with Crippen molar-refractivity contribution < 1.29 is 4.79 Å². The van der Waals surface area contributed by atoms with Gasteiger partial charge in [0.15, 0.2) is 0 Å². The van der Waals surface area contributed by atoms with E-state index in [2.05, 4.69) is 27.4 Å². The zero-order valence-corrected chi connectivity index (χ0v) is 13.4. The van der Waals surface area contributed by atoms with E-state index in [0.29, 0.717) is 5.91 Å². The number of carbonyl (C=O) groups excluding carboxylic acids is 1. The smallest absolute Gasteiger partial charge is 0.225 e. The van der Waals surface area contributed by atoms with Gasteiger partial charge in [0.05, 0.1) is 5.69 Å². The van der Waals surface area contributed by atoms with E-state index in [-0.39, 0.29) is 5.92 Å². The summed E-state index contributed by atoms with van der Waals surface area (Å²) in [6.45, 7) is 8.46. The highest BCUT2D eigenvalue weighted by atomic mass is 16.2. The van der Waals surface area contributed by atoms with Crippen molar-refractivity contribution in [1.82, 2.24) is 19.2 Å². The van der Waals surface area contributed by atoms with E-state index in [1.54, 1.807) is 0 Å². The molecule has 0 N–H and O–H groups in total. The Morgan fingerprint density at radius 2 is 2.05 bits per heavy atom. The Morgan fingerprint density at radius 1 is 1.27 bits per heavy atom. The summed E-state index contributed by atoms with van der Waals surface area (Å²) in [5.74, 6) is 0.444. The fraction of sp³-hybridized carbons (Fsp3) is 0.529. The second kappa shape index (κ2) is 6.48. The molecule has 2 aromatic rings. The standard InChI is InChI=1S/C17H24N4O/c1-3-14(2)17(22)20-10-8-19(9-11-20)12-15-13-21-7-5-4-6-16(21)18-15/h4-7,13-14H,3,8-12H2,1-2H3. The topological polar surface area (TPSA) is 40.9 Å². The van der Waals surface area contributed by atoms with Gasteiger partial charge in [-0.05, 0) is 18.6 Å². The molecule has 0 spiro atoms. The van der Waals surface area contributed by atoms with Crippen molar-refractivity contribution in [1.29, 1.82) is 0 Å². The number of rotatable bonds is 4. The van der Waals surface area contributed by atoms with Crippen molar-refractivity contribution in [3.63, 3.8) is 0 Å². The number of piperazine rings is 1. The van der Waals surface area contributed by atoms with Gasteiger partial charge < -0.3 is 9.30 Å². The molecule has 5 heteroatoms. The zero-order chi connectivity index (χ0) is 15.5. The number of imidazole rings is 1. The Balaban J connectivity index is 1.56. The molecule has 22 heavy (non-hydrogen) atoms. The van der Waals surface area contributed by atoms with Crippen molar-refractivity contribution in [3.05, 3.63) is 36.3 Å². The van der Waals surface area contributed by atoms with Gasteiger partial charge in [-0.3, -0.25) is 9.69 Å². The molecule has 1 aliphatic rings. The maximum Gasteiger partial charge on any atom is 0.225 e. The lowest BCUT2D eigenvalue weighted by atomic mass is 10.1. The number of nitrogens with zero attached hydrogens (tertiary/aromatic N) is 4. The first-order chi connectivity index (χ1) is 10.7. The van der Waals surface area contributed by atoms with Gasteiger partial charge in [0.2, 0.25) is 5.91 Å². The van der Waals surface area contributed by atoms with Gasteiger partial charge in [0.25, 0.3) is 0 Å². The van der Waals surface area contributed by atoms with Crippen LogP contribution in [0.2, 0.25) is 0 Å². The maximum atomic E-state index is 12.2. The Labute approximate surface area is 131 Å². The molecule has 1 amide bonds. The molecule has 1 unspecified atom stereocenters. The molecule has 1 aliphatic heterocycles. The number of aromatic nitrogens is 2. The molecule has 0 bridgehead atoms. The first-order valence-corrected chi connectivity index (χ1v) is 8.11. The summed E-state index contributed by atoms with van der Waals surface area (Å²) in [6, 6.07) is 6.04. The van der Waals surface area contributed by atoms with Gasteiger partial charge in [0, 0.05) is 51.0 Å². The number of pyridine rings is 1. The monoisotopic (exact) mass is 300 g/mol. The Kier molecular flexibility index (Phi) is 4.43. The minimum absolute atomic E-state index is 0.144. The number of carbonyl (C=O) groups is 1. The van der Waals surface area contributed by atoms with Crippen LogP contribution in [0.4, 0.5) is 0 Å². The van der Waals surface area contributed by atoms with Crippen molar-refractivity contribution in [2.24, 2.45) is 5.92 Å². The third-order valence-electron chi connectivity index (χ3n) is 4.52. The number of fused-ring (bicyclic) bond motifs is 1. The van der Waals surface area contributed by atoms with Gasteiger partial charge >= 0.3 is 0 Å². The average molecular weight is 300 g/mol. The van der Waals surface area contributed by atoms with Gasteiger partial charge in [0.1, 0.15) is 5.65 Å². The Hall–Kier alpha value is -1.88. The zero-order valence-electron chi connectivity index (χ0n) is 13.4. The highest BCUT2D eigenvalue weighted by Gasteiger charge is 2.24. The maximum absolute atomic E-state index is 12.2. The summed E-state index contributed by atoms with van der Waals surface area (Å²) in [7, 11) is 0. The van der Waals surface area contributed by atoms with Crippen molar-refractivity contribution >= 4 is 11.6 Å². The van der Waals surface area contributed by atoms with E-state index < -0.39 is 0 Å². The molecule has 3 rings (SSSR count). The molecule has 1 saturated heterocycles. The Morgan fingerprint density at radius 3 is 2.73 bits per heavy atom. The number of amides is 1. The first-order valence-electron chi connectivity index (χ1n) is 8.11. The molecule has 3 heterocycles. The summed E-state index contributed by atoms with van der Waals surface area (Å²) in [5, 5.41) is 0. The van der Waals surface area contributed by atoms with Crippen LogP contribution in [0.1, 0.15) is 26.0 Å². The molecule has 1 atom stereocenters. The van der Waals surface area contributed by atoms with Crippen LogP contribution in [0.25, 0.3) is 5.65 Å². The predicted octanol–water partition coefficient (Wildman–Crippen LogP) is 2.02. The average Bonchev–Trinajstić information content (AvgIpc) is 2.96. The van der Waals surface area contributed by atoms with Crippen LogP contribution in [-0.4, -0.2) is 51.3 Å². The molecular weight excluding hydrogens is 276 g/mol. The third kappa shape index (κ3) is 3.14. The second-order valence-electron chi connectivity index (χ2n) is 6.11. The van der Waals surface area contributed by atoms with E-state index in [4.69, 9.17) is 0 Å². The van der Waals surface area contributed by atoms with Crippen LogP contribution in [-0.2, 0) is 11.3 Å². The van der Waals surface area contributed by atoms with E-state index in [1.165, 1.54) is 0 Å². The van der Waals surface area contributed by atoms with E-state index in [0.717, 1.165) is 50.5 Å². The van der Waals surface area contributed by atoms with Crippen LogP contribution in [0.5, 0.6) is 0 Å². The number of hydrogen-bond acceptors (Lipinski definition) is 3. The summed E-state index contributed by atoms with van der Waals surface area (Å²) in [4.78, 5) is 21.2. The highest BCUT2D eigenvalue weighted by molar-refractivity contribution is 5.78. The van der Waals surface area contributed by atoms with E-state index in [9.17, 15) is 4.79 Å². The van der Waals surface area contributed by atoms with Crippen LogP contribution < -0.4 is 0 Å². The highest BCUT2D eigenvalue weighted by Crippen LogP contribution is 2.13. The van der Waals surface area contributed by atoms with Crippen LogP contribution in [0, 0.1) is 5.92 Å². The summed E-state index contributed by atoms with van der Waals surface area (Å²) in [5.41, 5.74) is 2.08. The predicted molar refractivity (Wildman–Crippen MR) is 86.5 cm³/mol. The normalized spacial score (nSPS) is 17.8. The van der Waals surface area contributed by atoms with Crippen LogP contribution >= 0.6 is 0 Å². The fourth-order valence-electron chi connectivity index (χ4n) is 2.91. The van der Waals surface area contributed by atoms with Crippen LogP contribution in [0.15, 0.2) is 30.6 Å². The van der Waals surface area contributed by atoms with E-state index >= 15 is 0 Å². The summed E-state index contributed by atoms with van der Waals surface area (Å²) in [6.07, 6.45) is 5.03. The minimum atomic E-state index is 0.144. The molecule has 0 saturated carbocycles. The van der Waals surface area contributed by atoms with Crippen molar-refractivity contribution in [3.8, 4) is 0 Å². The fourth-order valence-corrected chi connectivity index (χ4v) is 2.91. The van der Waals surface area contributed by atoms with Crippen molar-refractivity contribution in [2.45, 2.75) is 26.8 Å². The van der Waals surface area contributed by atoms with E-state index in [1.807, 2.05) is 36.2 Å². The SMILES string of the molecule is CCC(C)C(=O)N1CCN(Cc2cn3ccccc3n2)CC1. The molecule has 5 nitrogen and oxygen atoms in total. The lowest BCUT2D eigenvalue weighted by Crippen LogP contribution is -2.49. The molecule has 0 radical (unpaired) electrons. The molecule has 1 fully saturated rings. The Bertz CT molecular complexity index is 610. The number of hydrogen-bond donors (Lipinski definition) is 0. The molecule has 0 aliphatic carbocycles. The van der Waals surface area contributed by atoms with Crippen molar-refractivity contribution in [2.75, 3.05) is 26.2 Å². The molecular formula is C17H24N4O. The van der Waals surface area contributed by atoms with Gasteiger partial charge in [-0.1, -0.05) is 19.9 Å². The van der Waals surface area contributed by atoms with Gasteiger partial charge in [-0.15, -0.1) is 0 Å².